The average Bonchev–Trinajstić information content (AvgIpc) is 2.44. The third-order valence-electron chi connectivity index (χ3n) is 3.75. The molecular formula is C18H37NO2. The lowest BCUT2D eigenvalue weighted by Crippen LogP contribution is -2.15. The molecule has 0 amide bonds. The summed E-state index contributed by atoms with van der Waals surface area (Å²) in [5.74, 6) is -0.0345. The fraction of sp³-hybridized carbons (Fsp3) is 0.944. The van der Waals surface area contributed by atoms with Gasteiger partial charge in [0.05, 0.1) is 6.61 Å². The first kappa shape index (κ1) is 20.4. The molecule has 0 bridgehead atoms. The van der Waals surface area contributed by atoms with Crippen LogP contribution in [0.15, 0.2) is 0 Å². The molecule has 0 atom stereocenters. The molecule has 0 saturated carbocycles. The lowest BCUT2D eigenvalue weighted by molar-refractivity contribution is -0.143. The second-order valence-electron chi connectivity index (χ2n) is 6.31. The van der Waals surface area contributed by atoms with Crippen LogP contribution in [0.1, 0.15) is 84.0 Å². The van der Waals surface area contributed by atoms with Gasteiger partial charge in [0.2, 0.25) is 0 Å². The standard InChI is InChI=1S/C18H37NO2/c1-4-5-6-7-8-9-10-11-12-13-17-21-18(20)15-14-16-19(2)3/h4-17H2,1-3H3. The molecular weight excluding hydrogens is 262 g/mol. The molecule has 21 heavy (non-hydrogen) atoms. The molecule has 0 radical (unpaired) electrons. The van der Waals surface area contributed by atoms with Crippen molar-refractivity contribution in [2.24, 2.45) is 0 Å². The highest BCUT2D eigenvalue weighted by molar-refractivity contribution is 5.69. The van der Waals surface area contributed by atoms with Crippen molar-refractivity contribution in [3.05, 3.63) is 0 Å². The molecule has 0 aromatic rings. The number of carbonyl (C=O) groups is 1. The molecule has 0 aliphatic rings. The molecule has 126 valence electrons. The Morgan fingerprint density at radius 1 is 0.810 bits per heavy atom. The van der Waals surface area contributed by atoms with E-state index in [9.17, 15) is 4.79 Å². The fourth-order valence-electron chi connectivity index (χ4n) is 2.39. The Kier molecular flexibility index (Phi) is 15.4. The first-order valence-corrected chi connectivity index (χ1v) is 8.97. The Bertz CT molecular complexity index is 229. The van der Waals surface area contributed by atoms with E-state index in [0.717, 1.165) is 19.4 Å². The van der Waals surface area contributed by atoms with Crippen LogP contribution in [0.2, 0.25) is 0 Å². The van der Waals surface area contributed by atoms with Gasteiger partial charge < -0.3 is 9.64 Å². The summed E-state index contributed by atoms with van der Waals surface area (Å²) in [4.78, 5) is 13.5. The van der Waals surface area contributed by atoms with Crippen LogP contribution in [-0.4, -0.2) is 38.1 Å². The second kappa shape index (κ2) is 15.8. The van der Waals surface area contributed by atoms with E-state index in [1.165, 1.54) is 57.8 Å². The first-order chi connectivity index (χ1) is 10.2. The molecule has 3 heteroatoms. The lowest BCUT2D eigenvalue weighted by Gasteiger charge is -2.09. The van der Waals surface area contributed by atoms with Gasteiger partial charge in [0, 0.05) is 6.42 Å². The van der Waals surface area contributed by atoms with Crippen LogP contribution in [0.25, 0.3) is 0 Å². The molecule has 0 aromatic heterocycles. The highest BCUT2D eigenvalue weighted by Gasteiger charge is 2.02. The molecule has 0 heterocycles. The summed E-state index contributed by atoms with van der Waals surface area (Å²) in [6.45, 7) is 3.82. The molecule has 0 saturated heterocycles. The van der Waals surface area contributed by atoms with Gasteiger partial charge >= 0.3 is 5.97 Å². The normalized spacial score (nSPS) is 11.0. The number of carbonyl (C=O) groups excluding carboxylic acids is 1. The van der Waals surface area contributed by atoms with Crippen LogP contribution < -0.4 is 0 Å². The summed E-state index contributed by atoms with van der Waals surface area (Å²) in [5.41, 5.74) is 0. The maximum absolute atomic E-state index is 11.4. The monoisotopic (exact) mass is 299 g/mol. The third-order valence-corrected chi connectivity index (χ3v) is 3.75. The zero-order valence-electron chi connectivity index (χ0n) is 14.7. The summed E-state index contributed by atoms with van der Waals surface area (Å²) >= 11 is 0. The second-order valence-corrected chi connectivity index (χ2v) is 6.31. The van der Waals surface area contributed by atoms with Crippen LogP contribution in [0, 0.1) is 0 Å². The highest BCUT2D eigenvalue weighted by atomic mass is 16.5. The van der Waals surface area contributed by atoms with E-state index in [1.807, 2.05) is 14.1 Å². The molecule has 0 unspecified atom stereocenters. The molecule has 0 spiro atoms. The predicted octanol–water partition coefficient (Wildman–Crippen LogP) is 4.79. The van der Waals surface area contributed by atoms with E-state index >= 15 is 0 Å². The molecule has 0 aliphatic carbocycles. The van der Waals surface area contributed by atoms with Crippen molar-refractivity contribution in [3.63, 3.8) is 0 Å². The number of rotatable bonds is 15. The van der Waals surface area contributed by atoms with E-state index in [-0.39, 0.29) is 5.97 Å². The SMILES string of the molecule is CCCCCCCCCCCCOC(=O)CCCN(C)C. The van der Waals surface area contributed by atoms with Gasteiger partial charge in [-0.3, -0.25) is 4.79 Å². The topological polar surface area (TPSA) is 29.5 Å². The van der Waals surface area contributed by atoms with Gasteiger partial charge in [-0.1, -0.05) is 64.7 Å². The molecule has 0 rings (SSSR count). The van der Waals surface area contributed by atoms with Crippen molar-refractivity contribution in [3.8, 4) is 0 Å². The average molecular weight is 299 g/mol. The minimum absolute atomic E-state index is 0.0345. The van der Waals surface area contributed by atoms with Crippen molar-refractivity contribution in [2.45, 2.75) is 84.0 Å². The van der Waals surface area contributed by atoms with Gasteiger partial charge in [0.15, 0.2) is 0 Å². The van der Waals surface area contributed by atoms with Crippen LogP contribution in [0.5, 0.6) is 0 Å². The number of hydrogen-bond donors (Lipinski definition) is 0. The van der Waals surface area contributed by atoms with Crippen LogP contribution in [-0.2, 0) is 9.53 Å². The van der Waals surface area contributed by atoms with Gasteiger partial charge in [0.25, 0.3) is 0 Å². The number of esters is 1. The first-order valence-electron chi connectivity index (χ1n) is 8.97. The largest absolute Gasteiger partial charge is 0.466 e. The Morgan fingerprint density at radius 2 is 1.33 bits per heavy atom. The van der Waals surface area contributed by atoms with Crippen LogP contribution in [0.4, 0.5) is 0 Å². The summed E-state index contributed by atoms with van der Waals surface area (Å²) < 4.78 is 5.24. The number of unbranched alkanes of at least 4 members (excludes halogenated alkanes) is 9. The predicted molar refractivity (Wildman–Crippen MR) is 90.6 cm³/mol. The zero-order chi connectivity index (χ0) is 15.8. The van der Waals surface area contributed by atoms with E-state index in [2.05, 4.69) is 11.8 Å². The molecule has 0 aromatic carbocycles. The van der Waals surface area contributed by atoms with Crippen LogP contribution >= 0.6 is 0 Å². The Hall–Kier alpha value is -0.570. The van der Waals surface area contributed by atoms with E-state index in [4.69, 9.17) is 4.74 Å². The van der Waals surface area contributed by atoms with Gasteiger partial charge in [-0.25, -0.2) is 0 Å². The highest BCUT2D eigenvalue weighted by Crippen LogP contribution is 2.10. The van der Waals surface area contributed by atoms with Crippen LogP contribution in [0.3, 0.4) is 0 Å². The van der Waals surface area contributed by atoms with Gasteiger partial charge in [0.1, 0.15) is 0 Å². The van der Waals surface area contributed by atoms with Crippen molar-refractivity contribution >= 4 is 5.97 Å². The minimum Gasteiger partial charge on any atom is -0.466 e. The van der Waals surface area contributed by atoms with E-state index in [0.29, 0.717) is 13.0 Å². The van der Waals surface area contributed by atoms with Crippen molar-refractivity contribution in [1.82, 2.24) is 4.90 Å². The maximum Gasteiger partial charge on any atom is 0.305 e. The fourth-order valence-corrected chi connectivity index (χ4v) is 2.39. The van der Waals surface area contributed by atoms with E-state index < -0.39 is 0 Å². The Morgan fingerprint density at radius 3 is 1.86 bits per heavy atom. The zero-order valence-corrected chi connectivity index (χ0v) is 14.7. The van der Waals surface area contributed by atoms with Gasteiger partial charge in [-0.2, -0.15) is 0 Å². The molecule has 0 fully saturated rings. The smallest absolute Gasteiger partial charge is 0.305 e. The Balaban J connectivity index is 3.12. The minimum atomic E-state index is -0.0345. The summed E-state index contributed by atoms with van der Waals surface area (Å²) in [6, 6.07) is 0. The van der Waals surface area contributed by atoms with Gasteiger partial charge in [-0.05, 0) is 33.5 Å². The summed E-state index contributed by atoms with van der Waals surface area (Å²) in [7, 11) is 4.05. The maximum atomic E-state index is 11.4. The van der Waals surface area contributed by atoms with Crippen molar-refractivity contribution in [2.75, 3.05) is 27.2 Å². The number of ether oxygens (including phenoxy) is 1. The van der Waals surface area contributed by atoms with Crippen molar-refractivity contribution < 1.29 is 9.53 Å². The number of nitrogens with zero attached hydrogens (tertiary/aromatic N) is 1. The van der Waals surface area contributed by atoms with Crippen molar-refractivity contribution in [1.29, 1.82) is 0 Å². The molecule has 0 N–H and O–H groups in total. The summed E-state index contributed by atoms with van der Waals surface area (Å²) in [5, 5.41) is 0. The quantitative estimate of drug-likeness (QED) is 0.321. The summed E-state index contributed by atoms with van der Waals surface area (Å²) in [6.07, 6.45) is 14.6. The van der Waals surface area contributed by atoms with Gasteiger partial charge in [-0.15, -0.1) is 0 Å². The lowest BCUT2D eigenvalue weighted by atomic mass is 10.1. The Labute approximate surface area is 132 Å². The molecule has 0 aliphatic heterocycles. The molecule has 3 nitrogen and oxygen atoms in total. The number of hydrogen-bond acceptors (Lipinski definition) is 3. The third kappa shape index (κ3) is 17.4. The van der Waals surface area contributed by atoms with E-state index in [1.54, 1.807) is 0 Å².